The molecular formula is C18H23FN4S. The van der Waals surface area contributed by atoms with E-state index in [1.54, 1.807) is 18.3 Å². The number of piperidine rings is 1. The minimum atomic E-state index is -0.198. The van der Waals surface area contributed by atoms with Gasteiger partial charge in [0.25, 0.3) is 0 Å². The Balaban J connectivity index is 1.68. The van der Waals surface area contributed by atoms with E-state index in [0.717, 1.165) is 47.5 Å². The van der Waals surface area contributed by atoms with Crippen LogP contribution < -0.4 is 5.43 Å². The molecule has 24 heavy (non-hydrogen) atoms. The monoisotopic (exact) mass is 346 g/mol. The summed E-state index contributed by atoms with van der Waals surface area (Å²) in [6, 6.07) is 4.89. The van der Waals surface area contributed by atoms with E-state index in [0.29, 0.717) is 0 Å². The number of hydrogen-bond acceptors (Lipinski definition) is 5. The van der Waals surface area contributed by atoms with Crippen LogP contribution in [0.1, 0.15) is 36.6 Å². The molecule has 1 fully saturated rings. The maximum atomic E-state index is 13.7. The second-order valence-corrected chi connectivity index (χ2v) is 7.32. The van der Waals surface area contributed by atoms with Crippen molar-refractivity contribution in [3.8, 4) is 0 Å². The molecule has 0 radical (unpaired) electrons. The van der Waals surface area contributed by atoms with Gasteiger partial charge in [0, 0.05) is 11.9 Å². The third-order valence-corrected chi connectivity index (χ3v) is 5.22. The summed E-state index contributed by atoms with van der Waals surface area (Å²) in [5, 5.41) is 6.98. The highest BCUT2D eigenvalue weighted by molar-refractivity contribution is 7.13. The molecule has 6 heteroatoms. The van der Waals surface area contributed by atoms with Gasteiger partial charge >= 0.3 is 0 Å². The molecule has 0 amide bonds. The molecule has 1 N–H and O–H groups in total. The number of nitrogens with one attached hydrogen (secondary N) is 1. The molecule has 2 heterocycles. The molecule has 0 aliphatic carbocycles. The zero-order chi connectivity index (χ0) is 16.9. The lowest BCUT2D eigenvalue weighted by atomic mass is 9.98. The highest BCUT2D eigenvalue weighted by atomic mass is 32.1. The van der Waals surface area contributed by atoms with Gasteiger partial charge in [0.15, 0.2) is 0 Å². The third kappa shape index (κ3) is 4.61. The number of anilines is 1. The predicted molar refractivity (Wildman–Crippen MR) is 98.1 cm³/mol. The molecule has 2 aromatic rings. The largest absolute Gasteiger partial charge is 0.299 e. The summed E-state index contributed by atoms with van der Waals surface area (Å²) >= 11 is 1.52. The Morgan fingerprint density at radius 3 is 2.92 bits per heavy atom. The Morgan fingerprint density at radius 1 is 1.42 bits per heavy atom. The van der Waals surface area contributed by atoms with Gasteiger partial charge < -0.3 is 0 Å². The molecule has 0 bridgehead atoms. The molecule has 4 nitrogen and oxygen atoms in total. The zero-order valence-electron chi connectivity index (χ0n) is 14.1. The highest BCUT2D eigenvalue weighted by Gasteiger charge is 2.16. The average Bonchev–Trinajstić information content (AvgIpc) is 2.97. The first-order valence-electron chi connectivity index (χ1n) is 8.32. The Morgan fingerprint density at radius 2 is 2.21 bits per heavy atom. The summed E-state index contributed by atoms with van der Waals surface area (Å²) in [6.45, 7) is 7.16. The first kappa shape index (κ1) is 17.0. The molecular weight excluding hydrogens is 323 g/mol. The van der Waals surface area contributed by atoms with Crippen LogP contribution in [0.25, 0.3) is 0 Å². The number of nitrogens with zero attached hydrogens (tertiary/aromatic N) is 3. The van der Waals surface area contributed by atoms with Crippen molar-refractivity contribution in [1.29, 1.82) is 0 Å². The Hall–Kier alpha value is -1.79. The molecule has 0 spiro atoms. The molecule has 128 valence electrons. The van der Waals surface area contributed by atoms with E-state index < -0.39 is 0 Å². The van der Waals surface area contributed by atoms with E-state index >= 15 is 0 Å². The van der Waals surface area contributed by atoms with E-state index in [1.807, 2.05) is 12.3 Å². The Kier molecular flexibility index (Phi) is 5.58. The average molecular weight is 346 g/mol. The van der Waals surface area contributed by atoms with E-state index in [9.17, 15) is 4.39 Å². The normalized spacial score (nSPS) is 16.8. The van der Waals surface area contributed by atoms with Crippen LogP contribution in [0, 0.1) is 18.7 Å². The van der Waals surface area contributed by atoms with Gasteiger partial charge in [-0.05, 0) is 62.0 Å². The maximum absolute atomic E-state index is 13.7. The highest BCUT2D eigenvalue weighted by Crippen LogP contribution is 2.20. The van der Waals surface area contributed by atoms with E-state index in [-0.39, 0.29) is 5.82 Å². The number of hydrazone groups is 1. The third-order valence-electron chi connectivity index (χ3n) is 4.36. The molecule has 0 atom stereocenters. The molecule has 1 aliphatic heterocycles. The fraction of sp³-hybridized carbons (Fsp3) is 0.444. The van der Waals surface area contributed by atoms with Crippen LogP contribution in [0.3, 0.4) is 0 Å². The summed E-state index contributed by atoms with van der Waals surface area (Å²) < 4.78 is 13.7. The smallest absolute Gasteiger partial charge is 0.203 e. The summed E-state index contributed by atoms with van der Waals surface area (Å²) in [5.74, 6) is 0.594. The number of thiazole rings is 1. The van der Waals surface area contributed by atoms with E-state index in [4.69, 9.17) is 0 Å². The van der Waals surface area contributed by atoms with Crippen LogP contribution in [0.4, 0.5) is 9.52 Å². The quantitative estimate of drug-likeness (QED) is 0.649. The zero-order valence-corrected chi connectivity index (χ0v) is 14.9. The van der Waals surface area contributed by atoms with Gasteiger partial charge in [-0.15, -0.1) is 11.3 Å². The maximum Gasteiger partial charge on any atom is 0.203 e. The summed E-state index contributed by atoms with van der Waals surface area (Å²) in [7, 11) is 0. The molecule has 0 saturated carbocycles. The first-order valence-corrected chi connectivity index (χ1v) is 9.20. The second-order valence-electron chi connectivity index (χ2n) is 6.47. The minimum absolute atomic E-state index is 0.198. The van der Waals surface area contributed by atoms with Crippen molar-refractivity contribution in [2.24, 2.45) is 11.0 Å². The van der Waals surface area contributed by atoms with Gasteiger partial charge in [0.2, 0.25) is 5.13 Å². The van der Waals surface area contributed by atoms with Crippen LogP contribution >= 0.6 is 11.3 Å². The SMILES string of the molecule is Cc1csc(NN=Cc2ccc(F)cc2CN2CCC(C)CC2)n1. The number of likely N-dealkylation sites (tertiary alicyclic amines) is 1. The lowest BCUT2D eigenvalue weighted by molar-refractivity contribution is 0.185. The molecule has 1 aromatic carbocycles. The molecule has 0 unspecified atom stereocenters. The van der Waals surface area contributed by atoms with Crippen molar-refractivity contribution >= 4 is 22.7 Å². The lowest BCUT2D eigenvalue weighted by Crippen LogP contribution is -2.32. The number of aryl methyl sites for hydroxylation is 1. The van der Waals surface area contributed by atoms with Crippen LogP contribution in [0.15, 0.2) is 28.7 Å². The Bertz CT molecular complexity index is 705. The topological polar surface area (TPSA) is 40.5 Å². The van der Waals surface area contributed by atoms with E-state index in [1.165, 1.54) is 30.2 Å². The van der Waals surface area contributed by atoms with Crippen molar-refractivity contribution in [3.63, 3.8) is 0 Å². The number of rotatable bonds is 5. The van der Waals surface area contributed by atoms with Gasteiger partial charge in [0.1, 0.15) is 5.82 Å². The van der Waals surface area contributed by atoms with Gasteiger partial charge in [-0.1, -0.05) is 13.0 Å². The van der Waals surface area contributed by atoms with Crippen molar-refractivity contribution in [2.45, 2.75) is 33.2 Å². The van der Waals surface area contributed by atoms with Gasteiger partial charge in [0.05, 0.1) is 11.9 Å². The van der Waals surface area contributed by atoms with Crippen LogP contribution in [0.2, 0.25) is 0 Å². The number of aromatic nitrogens is 1. The second kappa shape index (κ2) is 7.85. The summed E-state index contributed by atoms with van der Waals surface area (Å²) in [5.41, 5.74) is 5.82. The minimum Gasteiger partial charge on any atom is -0.299 e. The molecule has 1 saturated heterocycles. The number of hydrogen-bond donors (Lipinski definition) is 1. The standard InChI is InChI=1S/C18H23FN4S/c1-13-5-7-23(8-6-13)11-16-9-17(19)4-3-15(16)10-20-22-18-21-14(2)12-24-18/h3-4,9-10,12-13H,5-8,11H2,1-2H3,(H,21,22). The Labute approximate surface area is 146 Å². The van der Waals surface area contributed by atoms with Gasteiger partial charge in [-0.2, -0.15) is 5.10 Å². The summed E-state index contributed by atoms with van der Waals surface area (Å²) in [6.07, 6.45) is 4.17. The number of halogens is 1. The van der Waals surface area contributed by atoms with Crippen molar-refractivity contribution in [2.75, 3.05) is 18.5 Å². The first-order chi connectivity index (χ1) is 11.6. The van der Waals surface area contributed by atoms with Crippen molar-refractivity contribution < 1.29 is 4.39 Å². The fourth-order valence-corrected chi connectivity index (χ4v) is 3.50. The number of benzene rings is 1. The van der Waals surface area contributed by atoms with Crippen LogP contribution in [-0.4, -0.2) is 29.2 Å². The van der Waals surface area contributed by atoms with Gasteiger partial charge in [-0.25, -0.2) is 9.37 Å². The van der Waals surface area contributed by atoms with Crippen molar-refractivity contribution in [3.05, 3.63) is 46.2 Å². The lowest BCUT2D eigenvalue weighted by Gasteiger charge is -2.30. The molecule has 3 rings (SSSR count). The van der Waals surface area contributed by atoms with Crippen LogP contribution in [0.5, 0.6) is 0 Å². The summed E-state index contributed by atoms with van der Waals surface area (Å²) in [4.78, 5) is 6.70. The van der Waals surface area contributed by atoms with Gasteiger partial charge in [-0.3, -0.25) is 10.3 Å². The molecule has 1 aliphatic rings. The van der Waals surface area contributed by atoms with Crippen molar-refractivity contribution in [1.82, 2.24) is 9.88 Å². The van der Waals surface area contributed by atoms with Crippen LogP contribution in [-0.2, 0) is 6.54 Å². The van der Waals surface area contributed by atoms with E-state index in [2.05, 4.69) is 27.3 Å². The predicted octanol–water partition coefficient (Wildman–Crippen LogP) is 4.27. The molecule has 1 aromatic heterocycles. The fourth-order valence-electron chi connectivity index (χ4n) is 2.86.